The fourth-order valence-corrected chi connectivity index (χ4v) is 3.75. The van der Waals surface area contributed by atoms with Crippen LogP contribution in [0.2, 0.25) is 5.02 Å². The Morgan fingerprint density at radius 3 is 2.76 bits per heavy atom. The van der Waals surface area contributed by atoms with E-state index in [0.717, 1.165) is 22.2 Å². The summed E-state index contributed by atoms with van der Waals surface area (Å²) in [4.78, 5) is 6.62. The summed E-state index contributed by atoms with van der Waals surface area (Å²) in [5.74, 6) is 0. The molecule has 1 saturated heterocycles. The van der Waals surface area contributed by atoms with Crippen molar-refractivity contribution in [3.05, 3.63) is 83.4 Å². The molecule has 0 bridgehead atoms. The zero-order valence-electron chi connectivity index (χ0n) is 13.6. The topological polar surface area (TPSA) is 33.1 Å². The first-order valence-electron chi connectivity index (χ1n) is 8.02. The molecule has 0 spiro atoms. The van der Waals surface area contributed by atoms with Crippen LogP contribution in [0, 0.1) is 0 Å². The van der Waals surface area contributed by atoms with E-state index < -0.39 is 0 Å². The standard InChI is InChI=1S/C19H17ClN4S/c1-23-18(17(22-19(23)25)15-8-2-3-10-21-15)16-9-5-11-24(16)14-7-4-6-13(20)12-14/h2-12,17-18H,1H3,(H,22,25). The third-order valence-electron chi connectivity index (χ3n) is 4.51. The predicted molar refractivity (Wildman–Crippen MR) is 104 cm³/mol. The number of rotatable bonds is 3. The summed E-state index contributed by atoms with van der Waals surface area (Å²) in [7, 11) is 2.01. The number of benzene rings is 1. The SMILES string of the molecule is CN1C(=S)NC(c2ccccn2)C1c1cccn1-c1cccc(Cl)c1. The van der Waals surface area contributed by atoms with Crippen LogP contribution in [0.5, 0.6) is 0 Å². The molecule has 2 unspecified atom stereocenters. The molecule has 2 atom stereocenters. The third-order valence-corrected chi connectivity index (χ3v) is 5.15. The number of halogens is 1. The second-order valence-electron chi connectivity index (χ2n) is 6.02. The van der Waals surface area contributed by atoms with E-state index in [4.69, 9.17) is 23.8 Å². The molecule has 3 heterocycles. The number of hydrogen-bond donors (Lipinski definition) is 1. The van der Waals surface area contributed by atoms with Gasteiger partial charge in [0.05, 0.1) is 17.8 Å². The minimum absolute atomic E-state index is 0.00784. The van der Waals surface area contributed by atoms with Gasteiger partial charge in [-0.05, 0) is 54.7 Å². The van der Waals surface area contributed by atoms with E-state index in [2.05, 4.69) is 25.8 Å². The Morgan fingerprint density at radius 2 is 2.00 bits per heavy atom. The van der Waals surface area contributed by atoms with Gasteiger partial charge in [-0.15, -0.1) is 0 Å². The Kier molecular flexibility index (Phi) is 4.19. The van der Waals surface area contributed by atoms with Crippen LogP contribution in [0.4, 0.5) is 0 Å². The second kappa shape index (κ2) is 6.50. The second-order valence-corrected chi connectivity index (χ2v) is 6.84. The highest BCUT2D eigenvalue weighted by atomic mass is 35.5. The van der Waals surface area contributed by atoms with E-state index >= 15 is 0 Å². The lowest BCUT2D eigenvalue weighted by molar-refractivity contribution is 0.357. The maximum atomic E-state index is 6.18. The molecule has 1 aromatic carbocycles. The van der Waals surface area contributed by atoms with E-state index in [0.29, 0.717) is 5.02 Å². The summed E-state index contributed by atoms with van der Waals surface area (Å²) in [6.45, 7) is 0. The van der Waals surface area contributed by atoms with Crippen molar-refractivity contribution in [2.24, 2.45) is 0 Å². The number of nitrogens with zero attached hydrogens (tertiary/aromatic N) is 3. The molecular formula is C19H17ClN4S. The summed E-state index contributed by atoms with van der Waals surface area (Å²) in [5.41, 5.74) is 3.13. The molecule has 126 valence electrons. The number of hydrogen-bond acceptors (Lipinski definition) is 2. The van der Waals surface area contributed by atoms with Gasteiger partial charge in [-0.1, -0.05) is 23.7 Å². The fourth-order valence-electron chi connectivity index (χ4n) is 3.32. The number of nitrogens with one attached hydrogen (secondary N) is 1. The van der Waals surface area contributed by atoms with Crippen molar-refractivity contribution < 1.29 is 0 Å². The number of likely N-dealkylation sites (N-methyl/N-ethyl adjacent to an activating group) is 1. The van der Waals surface area contributed by atoms with Gasteiger partial charge in [-0.2, -0.15) is 0 Å². The average Bonchev–Trinajstić information content (AvgIpc) is 3.21. The third kappa shape index (κ3) is 2.90. The van der Waals surface area contributed by atoms with E-state index in [1.54, 1.807) is 0 Å². The van der Waals surface area contributed by atoms with Crippen molar-refractivity contribution in [2.75, 3.05) is 7.05 Å². The van der Waals surface area contributed by atoms with Gasteiger partial charge in [0.15, 0.2) is 5.11 Å². The lowest BCUT2D eigenvalue weighted by atomic mass is 10.0. The molecule has 4 nitrogen and oxygen atoms in total. The van der Waals surface area contributed by atoms with Gasteiger partial charge in [0.25, 0.3) is 0 Å². The zero-order valence-corrected chi connectivity index (χ0v) is 15.2. The predicted octanol–water partition coefficient (Wildman–Crippen LogP) is 4.13. The normalized spacial score (nSPS) is 19.9. The van der Waals surface area contributed by atoms with Gasteiger partial charge in [0, 0.05) is 35.8 Å². The van der Waals surface area contributed by atoms with E-state index in [-0.39, 0.29) is 12.1 Å². The lowest BCUT2D eigenvalue weighted by Crippen LogP contribution is -2.25. The Bertz CT molecular complexity index is 909. The molecule has 4 rings (SSSR count). The van der Waals surface area contributed by atoms with E-state index in [1.165, 1.54) is 0 Å². The molecule has 1 aliphatic heterocycles. The van der Waals surface area contributed by atoms with Gasteiger partial charge in [-0.3, -0.25) is 4.98 Å². The average molecular weight is 369 g/mol. The van der Waals surface area contributed by atoms with Crippen molar-refractivity contribution >= 4 is 28.9 Å². The molecule has 1 fully saturated rings. The maximum Gasteiger partial charge on any atom is 0.169 e. The molecule has 6 heteroatoms. The van der Waals surface area contributed by atoms with Crippen LogP contribution >= 0.6 is 23.8 Å². The Hall–Kier alpha value is -2.37. The Labute approximate surface area is 157 Å². The smallest absolute Gasteiger partial charge is 0.169 e. The minimum Gasteiger partial charge on any atom is -0.352 e. The molecule has 1 aliphatic rings. The molecule has 0 aliphatic carbocycles. The van der Waals surface area contributed by atoms with Crippen molar-refractivity contribution in [3.8, 4) is 5.69 Å². The van der Waals surface area contributed by atoms with Gasteiger partial charge < -0.3 is 14.8 Å². The van der Waals surface area contributed by atoms with Crippen molar-refractivity contribution in [3.63, 3.8) is 0 Å². The molecule has 3 aromatic rings. The van der Waals surface area contributed by atoms with Crippen LogP contribution in [-0.4, -0.2) is 26.6 Å². The summed E-state index contributed by atoms with van der Waals surface area (Å²) in [5, 5.41) is 4.84. The first-order chi connectivity index (χ1) is 12.1. The van der Waals surface area contributed by atoms with Crippen LogP contribution in [-0.2, 0) is 0 Å². The molecule has 2 aromatic heterocycles. The fraction of sp³-hybridized carbons (Fsp3) is 0.158. The van der Waals surface area contributed by atoms with Crippen molar-refractivity contribution in [2.45, 2.75) is 12.1 Å². The summed E-state index contributed by atoms with van der Waals surface area (Å²) >= 11 is 11.7. The van der Waals surface area contributed by atoms with E-state index in [1.807, 2.05) is 68.0 Å². The van der Waals surface area contributed by atoms with Gasteiger partial charge >= 0.3 is 0 Å². The molecule has 1 N–H and O–H groups in total. The summed E-state index contributed by atoms with van der Waals surface area (Å²) in [6, 6.07) is 18.0. The number of thiocarbonyl (C=S) groups is 1. The van der Waals surface area contributed by atoms with E-state index in [9.17, 15) is 0 Å². The Morgan fingerprint density at radius 1 is 1.12 bits per heavy atom. The van der Waals surface area contributed by atoms with Gasteiger partial charge in [-0.25, -0.2) is 0 Å². The van der Waals surface area contributed by atoms with Gasteiger partial charge in [0.2, 0.25) is 0 Å². The highest BCUT2D eigenvalue weighted by Gasteiger charge is 2.39. The first kappa shape index (κ1) is 16.1. The van der Waals surface area contributed by atoms with Crippen LogP contribution in [0.1, 0.15) is 23.5 Å². The molecule has 0 amide bonds. The lowest BCUT2D eigenvalue weighted by Gasteiger charge is -2.25. The zero-order chi connectivity index (χ0) is 17.4. The highest BCUT2D eigenvalue weighted by molar-refractivity contribution is 7.80. The summed E-state index contributed by atoms with van der Waals surface area (Å²) < 4.78 is 2.15. The molecule has 25 heavy (non-hydrogen) atoms. The molecular weight excluding hydrogens is 352 g/mol. The summed E-state index contributed by atoms with van der Waals surface area (Å²) in [6.07, 6.45) is 3.86. The van der Waals surface area contributed by atoms with Crippen LogP contribution in [0.25, 0.3) is 5.69 Å². The minimum atomic E-state index is -0.00784. The van der Waals surface area contributed by atoms with Crippen molar-refractivity contribution in [1.82, 2.24) is 19.8 Å². The van der Waals surface area contributed by atoms with Crippen LogP contribution in [0.3, 0.4) is 0 Å². The number of aromatic nitrogens is 2. The highest BCUT2D eigenvalue weighted by Crippen LogP contribution is 2.38. The quantitative estimate of drug-likeness (QED) is 0.705. The Balaban J connectivity index is 1.80. The van der Waals surface area contributed by atoms with Crippen LogP contribution in [0.15, 0.2) is 67.0 Å². The maximum absolute atomic E-state index is 6.18. The largest absolute Gasteiger partial charge is 0.352 e. The monoisotopic (exact) mass is 368 g/mol. The molecule has 0 saturated carbocycles. The molecule has 0 radical (unpaired) electrons. The van der Waals surface area contributed by atoms with Crippen molar-refractivity contribution in [1.29, 1.82) is 0 Å². The van der Waals surface area contributed by atoms with Gasteiger partial charge in [0.1, 0.15) is 0 Å². The first-order valence-corrected chi connectivity index (χ1v) is 8.81. The van der Waals surface area contributed by atoms with Crippen LogP contribution < -0.4 is 5.32 Å². The number of pyridine rings is 1.